The molecule has 5 rings (SSSR count). The van der Waals surface area contributed by atoms with Gasteiger partial charge in [-0.3, -0.25) is 4.90 Å². The molecule has 12 nitrogen and oxygen atoms in total. The van der Waals surface area contributed by atoms with E-state index in [1.54, 1.807) is 24.3 Å². The molecule has 1 aromatic carbocycles. The molecule has 0 spiro atoms. The van der Waals surface area contributed by atoms with E-state index in [2.05, 4.69) is 25.8 Å². The largest absolute Gasteiger partial charge is 0.393 e. The van der Waals surface area contributed by atoms with E-state index in [1.807, 2.05) is 6.20 Å². The minimum absolute atomic E-state index is 0.225. The molecule has 0 radical (unpaired) electrons. The lowest BCUT2D eigenvalue weighted by Gasteiger charge is -2.28. The predicted octanol–water partition coefficient (Wildman–Crippen LogP) is 1.57. The Hall–Kier alpha value is -2.55. The number of nitrogens with zero attached hydrogens (tertiary/aromatic N) is 4. The van der Waals surface area contributed by atoms with E-state index in [9.17, 15) is 13.5 Å². The summed E-state index contributed by atoms with van der Waals surface area (Å²) in [5.41, 5.74) is 1.72. The summed E-state index contributed by atoms with van der Waals surface area (Å²) in [4.78, 5) is 12.0. The van der Waals surface area contributed by atoms with Gasteiger partial charge in [-0.2, -0.15) is 9.29 Å². The average molecular weight is 576 g/mol. The third-order valence-electron chi connectivity index (χ3n) is 7.66. The number of aliphatic hydroxyl groups is 1. The average Bonchev–Trinajstić information content (AvgIpc) is 2.99. The van der Waals surface area contributed by atoms with Gasteiger partial charge in [-0.25, -0.2) is 13.4 Å². The van der Waals surface area contributed by atoms with E-state index in [4.69, 9.17) is 14.5 Å². The van der Waals surface area contributed by atoms with E-state index in [0.717, 1.165) is 82.1 Å². The van der Waals surface area contributed by atoms with Crippen LogP contribution in [0, 0.1) is 0 Å². The van der Waals surface area contributed by atoms with Crippen LogP contribution < -0.4 is 16.0 Å². The second-order valence-corrected chi connectivity index (χ2v) is 12.4. The summed E-state index contributed by atoms with van der Waals surface area (Å²) in [6.07, 6.45) is 4.93. The molecule has 40 heavy (non-hydrogen) atoms. The maximum absolute atomic E-state index is 12.9. The van der Waals surface area contributed by atoms with Gasteiger partial charge in [-0.15, -0.1) is 0 Å². The van der Waals surface area contributed by atoms with Crippen molar-refractivity contribution in [2.75, 3.05) is 81.6 Å². The fourth-order valence-electron chi connectivity index (χ4n) is 5.19. The van der Waals surface area contributed by atoms with Crippen molar-refractivity contribution < 1.29 is 23.0 Å². The summed E-state index contributed by atoms with van der Waals surface area (Å²) in [6, 6.07) is 7.08. The van der Waals surface area contributed by atoms with Crippen molar-refractivity contribution in [3.05, 3.63) is 36.0 Å². The second-order valence-electron chi connectivity index (χ2n) is 10.5. The summed E-state index contributed by atoms with van der Waals surface area (Å²) < 4.78 is 38.0. The molecule has 3 aliphatic rings. The van der Waals surface area contributed by atoms with Gasteiger partial charge in [0.15, 0.2) is 0 Å². The summed E-state index contributed by atoms with van der Waals surface area (Å²) in [5, 5.41) is 20.2. The Balaban J connectivity index is 1.22. The van der Waals surface area contributed by atoms with Crippen LogP contribution in [0.3, 0.4) is 0 Å². The first-order valence-electron chi connectivity index (χ1n) is 14.2. The van der Waals surface area contributed by atoms with Gasteiger partial charge in [0, 0.05) is 69.3 Å². The van der Waals surface area contributed by atoms with Crippen LogP contribution in [0.25, 0.3) is 0 Å². The van der Waals surface area contributed by atoms with Gasteiger partial charge < -0.3 is 30.5 Å². The van der Waals surface area contributed by atoms with Crippen molar-refractivity contribution in [2.45, 2.75) is 49.3 Å². The Morgan fingerprint density at radius 1 is 0.925 bits per heavy atom. The number of hydrogen-bond acceptors (Lipinski definition) is 11. The Kier molecular flexibility index (Phi) is 10.0. The third-order valence-corrected chi connectivity index (χ3v) is 9.57. The minimum Gasteiger partial charge on any atom is -0.393 e. The van der Waals surface area contributed by atoms with Crippen LogP contribution in [0.15, 0.2) is 35.4 Å². The van der Waals surface area contributed by atoms with E-state index >= 15 is 0 Å². The van der Waals surface area contributed by atoms with Crippen molar-refractivity contribution in [3.63, 3.8) is 0 Å². The zero-order chi connectivity index (χ0) is 27.8. The quantitative estimate of drug-likeness (QED) is 0.310. The molecule has 0 amide bonds. The van der Waals surface area contributed by atoms with Crippen LogP contribution in [-0.4, -0.2) is 111 Å². The van der Waals surface area contributed by atoms with Crippen molar-refractivity contribution in [3.8, 4) is 0 Å². The van der Waals surface area contributed by atoms with Gasteiger partial charge in [0.25, 0.3) is 0 Å². The topological polar surface area (TPSA) is 141 Å². The van der Waals surface area contributed by atoms with Gasteiger partial charge in [-0.05, 0) is 49.9 Å². The molecule has 1 aromatic heterocycles. The van der Waals surface area contributed by atoms with Crippen LogP contribution in [0.4, 0.5) is 17.5 Å². The summed E-state index contributed by atoms with van der Waals surface area (Å²) in [5.74, 6) is 1.34. The number of rotatable bonds is 11. The number of nitrogens with one attached hydrogen (secondary N) is 3. The molecule has 4 N–H and O–H groups in total. The summed E-state index contributed by atoms with van der Waals surface area (Å²) in [7, 11) is -3.53. The molecule has 0 bridgehead atoms. The van der Waals surface area contributed by atoms with Crippen LogP contribution in [0.5, 0.6) is 0 Å². The summed E-state index contributed by atoms with van der Waals surface area (Å²) in [6.45, 7) is 7.11. The van der Waals surface area contributed by atoms with Crippen molar-refractivity contribution in [2.24, 2.45) is 0 Å². The Morgan fingerprint density at radius 2 is 1.60 bits per heavy atom. The second kappa shape index (κ2) is 13.9. The van der Waals surface area contributed by atoms with Crippen molar-refractivity contribution in [1.82, 2.24) is 19.2 Å². The SMILES string of the molecule is O=S(=O)(c1ccc(NCc2cnc(NCCN3CCOCC3)nc2NC2CCC(O)CC2)cc1)N1CCOCC1. The lowest BCUT2D eigenvalue weighted by molar-refractivity contribution is 0.0398. The molecule has 2 saturated heterocycles. The Labute approximate surface area is 236 Å². The standard InChI is InChI=1S/C27H41N7O5S/c35-24-5-1-23(2-6-24)31-26-21(20-30-27(32-26)28-9-10-33-11-15-38-16-12-33)19-29-22-3-7-25(8-4-22)40(36,37)34-13-17-39-18-14-34/h3-4,7-8,20,23-24,29,35H,1-2,5-6,9-19H2,(H2,28,30,31,32). The van der Waals surface area contributed by atoms with Crippen LogP contribution in [0.1, 0.15) is 31.2 Å². The van der Waals surface area contributed by atoms with Gasteiger partial charge >= 0.3 is 0 Å². The first-order valence-corrected chi connectivity index (χ1v) is 15.7. The molecule has 0 atom stereocenters. The highest BCUT2D eigenvalue weighted by Crippen LogP contribution is 2.25. The van der Waals surface area contributed by atoms with Crippen LogP contribution in [0.2, 0.25) is 0 Å². The van der Waals surface area contributed by atoms with Gasteiger partial charge in [0.2, 0.25) is 16.0 Å². The van der Waals surface area contributed by atoms with Gasteiger partial charge in [-0.1, -0.05) is 0 Å². The molecule has 1 aliphatic carbocycles. The smallest absolute Gasteiger partial charge is 0.243 e. The monoisotopic (exact) mass is 575 g/mol. The number of aliphatic hydroxyl groups excluding tert-OH is 1. The highest BCUT2D eigenvalue weighted by molar-refractivity contribution is 7.89. The molecule has 13 heteroatoms. The predicted molar refractivity (Wildman–Crippen MR) is 153 cm³/mol. The van der Waals surface area contributed by atoms with Gasteiger partial charge in [0.05, 0.1) is 37.4 Å². The molecular formula is C27H41N7O5S. The number of aromatic nitrogens is 2. The van der Waals surface area contributed by atoms with E-state index in [0.29, 0.717) is 38.8 Å². The van der Waals surface area contributed by atoms with E-state index < -0.39 is 10.0 Å². The molecule has 2 aromatic rings. The number of benzene rings is 1. The molecule has 2 aliphatic heterocycles. The van der Waals surface area contributed by atoms with Crippen molar-refractivity contribution in [1.29, 1.82) is 0 Å². The third kappa shape index (κ3) is 7.80. The lowest BCUT2D eigenvalue weighted by Crippen LogP contribution is -2.40. The van der Waals surface area contributed by atoms with Gasteiger partial charge in [0.1, 0.15) is 5.82 Å². The maximum Gasteiger partial charge on any atom is 0.243 e. The molecular weight excluding hydrogens is 534 g/mol. The van der Waals surface area contributed by atoms with Crippen LogP contribution >= 0.6 is 0 Å². The zero-order valence-corrected chi connectivity index (χ0v) is 23.7. The van der Waals surface area contributed by atoms with Crippen LogP contribution in [-0.2, 0) is 26.0 Å². The summed E-state index contributed by atoms with van der Waals surface area (Å²) >= 11 is 0. The maximum atomic E-state index is 12.9. The molecule has 1 saturated carbocycles. The number of anilines is 3. The first kappa shape index (κ1) is 29.0. The van der Waals surface area contributed by atoms with E-state index in [-0.39, 0.29) is 17.0 Å². The Bertz CT molecular complexity index is 1180. The molecule has 3 heterocycles. The van der Waals surface area contributed by atoms with Crippen molar-refractivity contribution >= 4 is 27.5 Å². The number of ether oxygens (including phenoxy) is 2. The Morgan fingerprint density at radius 3 is 2.30 bits per heavy atom. The normalized spacial score (nSPS) is 23.0. The lowest BCUT2D eigenvalue weighted by atomic mass is 9.93. The minimum atomic E-state index is -3.53. The first-order chi connectivity index (χ1) is 19.5. The fourth-order valence-corrected chi connectivity index (χ4v) is 6.60. The highest BCUT2D eigenvalue weighted by Gasteiger charge is 2.26. The highest BCUT2D eigenvalue weighted by atomic mass is 32.2. The number of sulfonamides is 1. The fraction of sp³-hybridized carbons (Fsp3) is 0.630. The molecule has 220 valence electrons. The number of morpholine rings is 2. The molecule has 0 unspecified atom stereocenters. The zero-order valence-electron chi connectivity index (χ0n) is 22.9. The molecule has 3 fully saturated rings. The van der Waals surface area contributed by atoms with E-state index in [1.165, 1.54) is 4.31 Å². The number of hydrogen-bond donors (Lipinski definition) is 4.